The van der Waals surface area contributed by atoms with Crippen molar-refractivity contribution in [2.24, 2.45) is 11.1 Å². The summed E-state index contributed by atoms with van der Waals surface area (Å²) in [5.41, 5.74) is 4.50. The van der Waals surface area contributed by atoms with Gasteiger partial charge in [0, 0.05) is 36.5 Å². The summed E-state index contributed by atoms with van der Waals surface area (Å²) in [5, 5.41) is 4.30. The van der Waals surface area contributed by atoms with Crippen molar-refractivity contribution < 1.29 is 14.4 Å². The Morgan fingerprint density at radius 1 is 0.886 bits per heavy atom. The zero-order valence-electron chi connectivity index (χ0n) is 19.4. The topological polar surface area (TPSA) is 63.9 Å². The maximum atomic E-state index is 13.6. The minimum atomic E-state index is -0.516. The van der Waals surface area contributed by atoms with E-state index >= 15 is 0 Å². The molecule has 2 heterocycles. The second kappa shape index (κ2) is 9.81. The molecule has 1 atom stereocenters. The largest absolute Gasteiger partial charge is 0.365 e. The lowest BCUT2D eigenvalue weighted by atomic mass is 10.0. The third-order valence-corrected chi connectivity index (χ3v) is 6.15. The van der Waals surface area contributed by atoms with Crippen LogP contribution in [0.5, 0.6) is 0 Å². The van der Waals surface area contributed by atoms with E-state index in [0.29, 0.717) is 29.9 Å². The van der Waals surface area contributed by atoms with Crippen molar-refractivity contribution in [1.29, 1.82) is 0 Å². The number of benzene rings is 3. The number of carbonyl (C=O) groups excluding carboxylic acids is 2. The van der Waals surface area contributed by atoms with E-state index in [2.05, 4.69) is 9.72 Å². The van der Waals surface area contributed by atoms with Gasteiger partial charge in [-0.25, -0.2) is 4.79 Å². The molecule has 0 spiro atoms. The summed E-state index contributed by atoms with van der Waals surface area (Å²) in [6.45, 7) is 3.04. The highest BCUT2D eigenvalue weighted by molar-refractivity contribution is 6.08. The van der Waals surface area contributed by atoms with E-state index in [-0.39, 0.29) is 11.8 Å². The Kier molecular flexibility index (Phi) is 6.26. The zero-order valence-corrected chi connectivity index (χ0v) is 19.4. The molecule has 5 rings (SSSR count). The molecular formula is C29H25N3O3. The Morgan fingerprint density at radius 3 is 2.23 bits per heavy atom. The molecule has 0 fully saturated rings. The van der Waals surface area contributed by atoms with Gasteiger partial charge in [0.2, 0.25) is 0 Å². The van der Waals surface area contributed by atoms with Crippen LogP contribution in [0, 0.1) is 12.8 Å². The van der Waals surface area contributed by atoms with Gasteiger partial charge in [-0.15, -0.1) is 0 Å². The normalized spacial score (nSPS) is 15.6. The summed E-state index contributed by atoms with van der Waals surface area (Å²) in [6, 6.07) is 29.8. The summed E-state index contributed by atoms with van der Waals surface area (Å²) in [6.07, 6.45) is 1.97. The summed E-state index contributed by atoms with van der Waals surface area (Å²) >= 11 is 0. The summed E-state index contributed by atoms with van der Waals surface area (Å²) in [7, 11) is 0. The van der Waals surface area contributed by atoms with E-state index in [9.17, 15) is 9.59 Å². The lowest BCUT2D eigenvalue weighted by Gasteiger charge is -2.26. The highest BCUT2D eigenvalue weighted by Gasteiger charge is 2.33. The number of oxime groups is 1. The first-order chi connectivity index (χ1) is 17.1. The van der Waals surface area contributed by atoms with Crippen LogP contribution in [0.3, 0.4) is 0 Å². The molecule has 0 N–H and O–H groups in total. The molecule has 0 radical (unpaired) electrons. The highest BCUT2D eigenvalue weighted by Crippen LogP contribution is 2.27. The van der Waals surface area contributed by atoms with E-state index in [1.165, 1.54) is 0 Å². The van der Waals surface area contributed by atoms with Gasteiger partial charge in [-0.05, 0) is 55.5 Å². The molecule has 0 aliphatic carbocycles. The van der Waals surface area contributed by atoms with Gasteiger partial charge < -0.3 is 14.3 Å². The minimum Gasteiger partial charge on any atom is -0.346 e. The molecule has 1 aromatic heterocycles. The van der Waals surface area contributed by atoms with Crippen LogP contribution in [0.15, 0.2) is 108 Å². The second-order valence-electron chi connectivity index (χ2n) is 8.58. The Morgan fingerprint density at radius 2 is 1.54 bits per heavy atom. The highest BCUT2D eigenvalue weighted by atomic mass is 16.7. The van der Waals surface area contributed by atoms with Crippen molar-refractivity contribution in [2.45, 2.75) is 13.5 Å². The van der Waals surface area contributed by atoms with E-state index in [1.54, 1.807) is 29.2 Å². The van der Waals surface area contributed by atoms with Crippen molar-refractivity contribution >= 4 is 23.3 Å². The van der Waals surface area contributed by atoms with E-state index in [4.69, 9.17) is 4.84 Å². The van der Waals surface area contributed by atoms with Gasteiger partial charge in [0.25, 0.3) is 5.91 Å². The molecule has 35 heavy (non-hydrogen) atoms. The molecule has 3 aromatic carbocycles. The van der Waals surface area contributed by atoms with Gasteiger partial charge in [-0.1, -0.05) is 59.3 Å². The fraction of sp³-hybridized carbons (Fsp3) is 0.138. The number of amides is 1. The van der Waals surface area contributed by atoms with Crippen LogP contribution in [0.4, 0.5) is 5.69 Å². The molecule has 0 saturated heterocycles. The first kappa shape index (κ1) is 22.3. The Labute approximate surface area is 204 Å². The number of anilines is 1. The van der Waals surface area contributed by atoms with Gasteiger partial charge in [-0.2, -0.15) is 0 Å². The molecular weight excluding hydrogens is 438 g/mol. The van der Waals surface area contributed by atoms with Crippen LogP contribution in [0.25, 0.3) is 0 Å². The first-order valence-corrected chi connectivity index (χ1v) is 11.5. The Hall–Kier alpha value is -4.45. The van der Waals surface area contributed by atoms with Crippen LogP contribution in [0.2, 0.25) is 0 Å². The van der Waals surface area contributed by atoms with E-state index < -0.39 is 5.97 Å². The molecule has 6 heteroatoms. The minimum absolute atomic E-state index is 0.0911. The quantitative estimate of drug-likeness (QED) is 0.287. The smallest absolute Gasteiger partial charge is 0.346 e. The third kappa shape index (κ3) is 4.77. The average Bonchev–Trinajstić information content (AvgIpc) is 3.48. The number of fused-ring (bicyclic) bond motifs is 1. The Bertz CT molecular complexity index is 1360. The second-order valence-corrected chi connectivity index (χ2v) is 8.58. The number of rotatable bonds is 6. The van der Waals surface area contributed by atoms with Crippen LogP contribution >= 0.6 is 0 Å². The van der Waals surface area contributed by atoms with Crippen LogP contribution < -0.4 is 4.90 Å². The monoisotopic (exact) mass is 463 g/mol. The lowest BCUT2D eigenvalue weighted by Crippen LogP contribution is -2.37. The summed E-state index contributed by atoms with van der Waals surface area (Å²) in [5.74, 6) is -0.756. The lowest BCUT2D eigenvalue weighted by molar-refractivity contribution is 0.0514. The number of nitrogens with zero attached hydrogens (tertiary/aromatic N) is 3. The SMILES string of the molecule is Cc1ccc(N(CC2Cn3cccc3/C2=N\OC(=O)c2ccccc2)C(=O)c2ccccc2)cc1. The molecule has 0 saturated carbocycles. The van der Waals surface area contributed by atoms with Crippen LogP contribution in [0.1, 0.15) is 32.0 Å². The van der Waals surface area contributed by atoms with Gasteiger partial charge in [0.05, 0.1) is 11.3 Å². The van der Waals surface area contributed by atoms with E-state index in [0.717, 1.165) is 16.9 Å². The molecule has 6 nitrogen and oxygen atoms in total. The zero-order chi connectivity index (χ0) is 24.2. The standard InChI is InChI=1S/C29H25N3O3/c1-21-14-16-25(17-15-21)32(28(33)22-9-4-2-5-10-22)20-24-19-31-18-8-13-26(31)27(24)30-35-29(34)23-11-6-3-7-12-23/h2-18,24H,19-20H2,1H3/b30-27-. The van der Waals surface area contributed by atoms with Crippen molar-refractivity contribution in [3.8, 4) is 0 Å². The predicted molar refractivity (Wildman–Crippen MR) is 136 cm³/mol. The van der Waals surface area contributed by atoms with E-state index in [1.807, 2.05) is 85.9 Å². The summed E-state index contributed by atoms with van der Waals surface area (Å²) < 4.78 is 2.07. The number of hydrogen-bond donors (Lipinski definition) is 0. The fourth-order valence-corrected chi connectivity index (χ4v) is 4.31. The van der Waals surface area contributed by atoms with Gasteiger partial charge >= 0.3 is 5.97 Å². The van der Waals surface area contributed by atoms with Crippen LogP contribution in [-0.2, 0) is 11.4 Å². The average molecular weight is 464 g/mol. The molecule has 1 aliphatic rings. The van der Waals surface area contributed by atoms with Crippen molar-refractivity contribution in [3.05, 3.63) is 126 Å². The molecule has 1 aliphatic heterocycles. The summed E-state index contributed by atoms with van der Waals surface area (Å²) in [4.78, 5) is 33.2. The Balaban J connectivity index is 1.45. The van der Waals surface area contributed by atoms with Crippen molar-refractivity contribution in [3.63, 3.8) is 0 Å². The molecule has 174 valence electrons. The fourth-order valence-electron chi connectivity index (χ4n) is 4.31. The van der Waals surface area contributed by atoms with Crippen molar-refractivity contribution in [2.75, 3.05) is 11.4 Å². The molecule has 1 amide bonds. The maximum absolute atomic E-state index is 13.6. The third-order valence-electron chi connectivity index (χ3n) is 6.15. The van der Waals surface area contributed by atoms with Crippen LogP contribution in [-0.4, -0.2) is 28.7 Å². The number of aryl methyl sites for hydroxylation is 1. The first-order valence-electron chi connectivity index (χ1n) is 11.5. The van der Waals surface area contributed by atoms with Gasteiger partial charge in [0.1, 0.15) is 5.71 Å². The molecule has 0 bridgehead atoms. The van der Waals surface area contributed by atoms with Gasteiger partial charge in [0.15, 0.2) is 0 Å². The maximum Gasteiger partial charge on any atom is 0.365 e. The van der Waals surface area contributed by atoms with Crippen molar-refractivity contribution in [1.82, 2.24) is 4.57 Å². The van der Waals surface area contributed by atoms with Gasteiger partial charge in [-0.3, -0.25) is 4.79 Å². The molecule has 4 aromatic rings. The number of aromatic nitrogens is 1. The number of carbonyl (C=O) groups is 2. The molecule has 1 unspecified atom stereocenters. The predicted octanol–water partition coefficient (Wildman–Crippen LogP) is 5.33. The number of hydrogen-bond acceptors (Lipinski definition) is 4.